The van der Waals surface area contributed by atoms with Crippen LogP contribution in [0.3, 0.4) is 0 Å². The highest BCUT2D eigenvalue weighted by Crippen LogP contribution is 2.30. The molecule has 0 aliphatic heterocycles. The van der Waals surface area contributed by atoms with Crippen LogP contribution in [0.1, 0.15) is 20.8 Å². The van der Waals surface area contributed by atoms with Gasteiger partial charge in [0.1, 0.15) is 16.4 Å². The zero-order valence-electron chi connectivity index (χ0n) is 13.3. The molecular formula is C18H14N4O2S. The third-order valence-electron chi connectivity index (χ3n) is 3.48. The molecule has 0 unspecified atom stereocenters. The van der Waals surface area contributed by atoms with Crippen LogP contribution >= 0.6 is 11.3 Å². The molecule has 124 valence electrons. The Kier molecular flexibility index (Phi) is 4.64. The molecule has 25 heavy (non-hydrogen) atoms. The number of carbonyl (C=O) groups is 1. The number of nitrogens with one attached hydrogen (secondary N) is 1. The summed E-state index contributed by atoms with van der Waals surface area (Å²) in [5.74, 6) is 0.707. The van der Waals surface area contributed by atoms with Crippen LogP contribution in [-0.4, -0.2) is 17.9 Å². The van der Waals surface area contributed by atoms with Crippen LogP contribution in [0.15, 0.2) is 48.5 Å². The molecule has 0 spiro atoms. The molecule has 0 saturated heterocycles. The Morgan fingerprint density at radius 1 is 1.20 bits per heavy atom. The number of hydrogen-bond donors (Lipinski definition) is 2. The van der Waals surface area contributed by atoms with E-state index in [1.807, 2.05) is 30.3 Å². The van der Waals surface area contributed by atoms with Crippen LogP contribution in [0.5, 0.6) is 5.75 Å². The lowest BCUT2D eigenvalue weighted by Gasteiger charge is -2.03. The van der Waals surface area contributed by atoms with Crippen molar-refractivity contribution in [3.05, 3.63) is 64.5 Å². The first-order valence-corrected chi connectivity index (χ1v) is 8.14. The molecule has 0 bridgehead atoms. The highest BCUT2D eigenvalue weighted by atomic mass is 32.1. The second-order valence-corrected chi connectivity index (χ2v) is 6.10. The molecular weight excluding hydrogens is 336 g/mol. The molecule has 1 aromatic heterocycles. The number of benzene rings is 2. The summed E-state index contributed by atoms with van der Waals surface area (Å²) in [6.45, 7) is 0. The number of nitrogens with two attached hydrogens (primary N) is 1. The second kappa shape index (κ2) is 7.03. The number of nitrogens with zero attached hydrogens (tertiary/aromatic N) is 2. The molecule has 3 rings (SSSR count). The van der Waals surface area contributed by atoms with E-state index in [2.05, 4.69) is 10.3 Å². The van der Waals surface area contributed by atoms with Crippen LogP contribution in [0.2, 0.25) is 0 Å². The molecule has 0 fully saturated rings. The smallest absolute Gasteiger partial charge is 0.206 e. The van der Waals surface area contributed by atoms with E-state index in [-0.39, 0.29) is 11.6 Å². The Bertz CT molecular complexity index is 941. The van der Waals surface area contributed by atoms with Crippen molar-refractivity contribution in [3.63, 3.8) is 0 Å². The number of ether oxygens (including phenoxy) is 1. The van der Waals surface area contributed by atoms with Crippen molar-refractivity contribution in [2.75, 3.05) is 18.2 Å². The zero-order valence-corrected chi connectivity index (χ0v) is 14.1. The highest BCUT2D eigenvalue weighted by Gasteiger charge is 2.18. The highest BCUT2D eigenvalue weighted by molar-refractivity contribution is 7.18. The minimum atomic E-state index is -0.220. The van der Waals surface area contributed by atoms with E-state index < -0.39 is 0 Å². The van der Waals surface area contributed by atoms with Crippen molar-refractivity contribution in [1.29, 1.82) is 5.26 Å². The molecule has 0 saturated carbocycles. The molecule has 0 amide bonds. The van der Waals surface area contributed by atoms with Crippen molar-refractivity contribution in [2.45, 2.75) is 0 Å². The minimum Gasteiger partial charge on any atom is -0.497 e. The summed E-state index contributed by atoms with van der Waals surface area (Å²) >= 11 is 1.18. The SMILES string of the molecule is COc1ccc(Nc2nc(N)c(C(=O)c3ccc(C#N)cc3)s2)cc1. The van der Waals surface area contributed by atoms with Gasteiger partial charge in [-0.3, -0.25) is 4.79 Å². The van der Waals surface area contributed by atoms with E-state index in [1.165, 1.54) is 11.3 Å². The average molecular weight is 350 g/mol. The summed E-state index contributed by atoms with van der Waals surface area (Å²) in [5, 5.41) is 12.5. The van der Waals surface area contributed by atoms with E-state index >= 15 is 0 Å². The number of hydrogen-bond acceptors (Lipinski definition) is 7. The standard InChI is InChI=1S/C18H14N4O2S/c1-24-14-8-6-13(7-9-14)21-18-22-17(20)16(25-18)15(23)12-4-2-11(10-19)3-5-12/h2-9H,20H2,1H3,(H,21,22). The van der Waals surface area contributed by atoms with Gasteiger partial charge in [0.2, 0.25) is 5.78 Å². The summed E-state index contributed by atoms with van der Waals surface area (Å²) in [4.78, 5) is 17.2. The van der Waals surface area contributed by atoms with Crippen LogP contribution in [-0.2, 0) is 0 Å². The van der Waals surface area contributed by atoms with Gasteiger partial charge in [-0.05, 0) is 48.5 Å². The number of nitrogen functional groups attached to an aromatic ring is 1. The van der Waals surface area contributed by atoms with Gasteiger partial charge >= 0.3 is 0 Å². The van der Waals surface area contributed by atoms with Crippen molar-refractivity contribution in [2.24, 2.45) is 0 Å². The molecule has 2 aromatic carbocycles. The average Bonchev–Trinajstić information content (AvgIpc) is 3.02. The van der Waals surface area contributed by atoms with Gasteiger partial charge in [-0.25, -0.2) is 4.98 Å². The van der Waals surface area contributed by atoms with Gasteiger partial charge in [-0.1, -0.05) is 11.3 Å². The number of thiazole rings is 1. The molecule has 0 atom stereocenters. The van der Waals surface area contributed by atoms with E-state index in [0.29, 0.717) is 21.1 Å². The van der Waals surface area contributed by atoms with Gasteiger partial charge in [0.25, 0.3) is 0 Å². The summed E-state index contributed by atoms with van der Waals surface area (Å²) < 4.78 is 5.11. The van der Waals surface area contributed by atoms with E-state index in [4.69, 9.17) is 15.7 Å². The maximum atomic E-state index is 12.6. The number of methoxy groups -OCH3 is 1. The predicted octanol–water partition coefficient (Wildman–Crippen LogP) is 3.58. The lowest BCUT2D eigenvalue weighted by molar-refractivity contribution is 0.104. The Hall–Kier alpha value is -3.37. The summed E-state index contributed by atoms with van der Waals surface area (Å²) in [6.07, 6.45) is 0. The maximum Gasteiger partial charge on any atom is 0.206 e. The molecule has 6 nitrogen and oxygen atoms in total. The summed E-state index contributed by atoms with van der Waals surface area (Å²) in [7, 11) is 1.60. The topological polar surface area (TPSA) is 101 Å². The minimum absolute atomic E-state index is 0.176. The van der Waals surface area contributed by atoms with Gasteiger partial charge in [-0.2, -0.15) is 5.26 Å². The number of anilines is 3. The molecule has 0 aliphatic carbocycles. The molecule has 0 radical (unpaired) electrons. The Morgan fingerprint density at radius 2 is 1.88 bits per heavy atom. The fourth-order valence-corrected chi connectivity index (χ4v) is 3.04. The fourth-order valence-electron chi connectivity index (χ4n) is 2.17. The van der Waals surface area contributed by atoms with E-state index in [0.717, 1.165) is 11.4 Å². The van der Waals surface area contributed by atoms with Gasteiger partial charge in [-0.15, -0.1) is 0 Å². The van der Waals surface area contributed by atoms with Crippen molar-refractivity contribution >= 4 is 33.8 Å². The Balaban J connectivity index is 1.81. The first kappa shape index (κ1) is 16.5. The molecule has 3 aromatic rings. The number of aromatic nitrogens is 1. The van der Waals surface area contributed by atoms with Crippen LogP contribution in [0, 0.1) is 11.3 Å². The lowest BCUT2D eigenvalue weighted by atomic mass is 10.1. The summed E-state index contributed by atoms with van der Waals surface area (Å²) in [6, 6.07) is 15.8. The second-order valence-electron chi connectivity index (χ2n) is 5.11. The van der Waals surface area contributed by atoms with Crippen LogP contribution in [0.4, 0.5) is 16.6 Å². The Labute approximate surface area is 148 Å². The van der Waals surface area contributed by atoms with Crippen molar-refractivity contribution < 1.29 is 9.53 Å². The van der Waals surface area contributed by atoms with Crippen LogP contribution < -0.4 is 15.8 Å². The van der Waals surface area contributed by atoms with E-state index in [9.17, 15) is 4.79 Å². The first-order valence-electron chi connectivity index (χ1n) is 7.33. The van der Waals surface area contributed by atoms with Gasteiger partial charge < -0.3 is 15.8 Å². The number of ketones is 1. The molecule has 3 N–H and O–H groups in total. The fraction of sp³-hybridized carbons (Fsp3) is 0.0556. The number of nitriles is 1. The van der Waals surface area contributed by atoms with Gasteiger partial charge in [0, 0.05) is 11.3 Å². The zero-order chi connectivity index (χ0) is 17.8. The number of rotatable bonds is 5. The van der Waals surface area contributed by atoms with Gasteiger partial charge in [0.15, 0.2) is 5.13 Å². The third-order valence-corrected chi connectivity index (χ3v) is 4.46. The Morgan fingerprint density at radius 3 is 2.48 bits per heavy atom. The monoisotopic (exact) mass is 350 g/mol. The first-order chi connectivity index (χ1) is 12.1. The predicted molar refractivity (Wildman–Crippen MR) is 97.4 cm³/mol. The number of carbonyl (C=O) groups excluding carboxylic acids is 1. The summed E-state index contributed by atoms with van der Waals surface area (Å²) in [5.41, 5.74) is 7.67. The molecule has 0 aliphatic rings. The quantitative estimate of drug-likeness (QED) is 0.682. The maximum absolute atomic E-state index is 12.6. The lowest BCUT2D eigenvalue weighted by Crippen LogP contribution is -2.02. The van der Waals surface area contributed by atoms with Crippen molar-refractivity contribution in [1.82, 2.24) is 4.98 Å². The molecule has 7 heteroatoms. The van der Waals surface area contributed by atoms with Crippen molar-refractivity contribution in [3.8, 4) is 11.8 Å². The van der Waals surface area contributed by atoms with E-state index in [1.54, 1.807) is 31.4 Å². The largest absolute Gasteiger partial charge is 0.497 e. The van der Waals surface area contributed by atoms with Crippen LogP contribution in [0.25, 0.3) is 0 Å². The van der Waals surface area contributed by atoms with Gasteiger partial charge in [0.05, 0.1) is 18.7 Å². The third kappa shape index (κ3) is 3.59. The normalized spacial score (nSPS) is 10.1. The molecule has 1 heterocycles.